The predicted octanol–water partition coefficient (Wildman–Crippen LogP) is 3.03. The maximum atomic E-state index is 5.70. The first-order valence-corrected chi connectivity index (χ1v) is 9.39. The van der Waals surface area contributed by atoms with Crippen LogP contribution in [-0.4, -0.2) is 72.4 Å². The van der Waals surface area contributed by atoms with Gasteiger partial charge in [0.15, 0.2) is 6.29 Å². The maximum absolute atomic E-state index is 5.70. The van der Waals surface area contributed by atoms with E-state index in [2.05, 4.69) is 20.8 Å². The first-order valence-electron chi connectivity index (χ1n) is 9.39. The molecule has 0 heterocycles. The van der Waals surface area contributed by atoms with Gasteiger partial charge >= 0.3 is 0 Å². The third-order valence-corrected chi connectivity index (χ3v) is 3.03. The van der Waals surface area contributed by atoms with Gasteiger partial charge in [-0.1, -0.05) is 27.2 Å². The molecule has 0 spiro atoms. The molecule has 6 heteroatoms. The van der Waals surface area contributed by atoms with E-state index in [9.17, 15) is 0 Å². The van der Waals surface area contributed by atoms with Gasteiger partial charge in [-0.05, 0) is 19.3 Å². The quantitative estimate of drug-likeness (QED) is 0.248. The molecule has 0 N–H and O–H groups in total. The summed E-state index contributed by atoms with van der Waals surface area (Å²) in [5.41, 5.74) is 0. The lowest BCUT2D eigenvalue weighted by molar-refractivity contribution is -0.162. The number of hydrogen-bond acceptors (Lipinski definition) is 6. The third kappa shape index (κ3) is 18.1. The summed E-state index contributed by atoms with van der Waals surface area (Å²) >= 11 is 0. The molecular formula is C18H38O6. The van der Waals surface area contributed by atoms with E-state index >= 15 is 0 Å². The fourth-order valence-electron chi connectivity index (χ4n) is 1.86. The largest absolute Gasteiger partial charge is 0.379 e. The molecule has 0 saturated carbocycles. The van der Waals surface area contributed by atoms with Crippen molar-refractivity contribution < 1.29 is 28.4 Å². The minimum atomic E-state index is -0.185. The van der Waals surface area contributed by atoms with Gasteiger partial charge in [0.05, 0.1) is 52.9 Å². The molecular weight excluding hydrogens is 312 g/mol. The minimum absolute atomic E-state index is 0.185. The van der Waals surface area contributed by atoms with Crippen molar-refractivity contribution in [1.29, 1.82) is 0 Å². The molecule has 0 atom stereocenters. The monoisotopic (exact) mass is 350 g/mol. The Morgan fingerprint density at radius 1 is 0.458 bits per heavy atom. The molecule has 6 nitrogen and oxygen atoms in total. The van der Waals surface area contributed by atoms with Crippen LogP contribution in [0, 0.1) is 0 Å². The van der Waals surface area contributed by atoms with Gasteiger partial charge in [-0.3, -0.25) is 0 Å². The van der Waals surface area contributed by atoms with Gasteiger partial charge < -0.3 is 28.4 Å². The summed E-state index contributed by atoms with van der Waals surface area (Å²) < 4.78 is 33.0. The summed E-state index contributed by atoms with van der Waals surface area (Å²) in [6, 6.07) is 0. The summed E-state index contributed by atoms with van der Waals surface area (Å²) in [6.07, 6.45) is 3.78. The molecule has 0 unspecified atom stereocenters. The molecule has 0 fully saturated rings. The summed E-state index contributed by atoms with van der Waals surface area (Å²) in [4.78, 5) is 0. The van der Waals surface area contributed by atoms with Crippen LogP contribution in [0.1, 0.15) is 46.5 Å². The van der Waals surface area contributed by atoms with E-state index in [1.807, 2.05) is 0 Å². The van der Waals surface area contributed by atoms with Crippen LogP contribution in [0.2, 0.25) is 0 Å². The number of rotatable bonds is 20. The average Bonchev–Trinajstić information content (AvgIpc) is 2.59. The van der Waals surface area contributed by atoms with E-state index in [-0.39, 0.29) is 6.29 Å². The van der Waals surface area contributed by atoms with Gasteiger partial charge in [0.2, 0.25) is 0 Å². The van der Waals surface area contributed by atoms with E-state index < -0.39 is 0 Å². The van der Waals surface area contributed by atoms with Crippen molar-refractivity contribution in [3.8, 4) is 0 Å². The zero-order valence-corrected chi connectivity index (χ0v) is 15.9. The molecule has 0 aliphatic carbocycles. The smallest absolute Gasteiger partial charge is 0.157 e. The second-order valence-electron chi connectivity index (χ2n) is 5.41. The van der Waals surface area contributed by atoms with E-state index in [4.69, 9.17) is 28.4 Å². The highest BCUT2D eigenvalue weighted by molar-refractivity contribution is 4.45. The van der Waals surface area contributed by atoms with Gasteiger partial charge in [0.1, 0.15) is 0 Å². The van der Waals surface area contributed by atoms with Crippen molar-refractivity contribution in [2.24, 2.45) is 0 Å². The summed E-state index contributed by atoms with van der Waals surface area (Å²) in [5.74, 6) is 0. The zero-order chi connectivity index (χ0) is 17.7. The second-order valence-corrected chi connectivity index (χ2v) is 5.41. The highest BCUT2D eigenvalue weighted by Crippen LogP contribution is 2.04. The molecule has 0 aromatic carbocycles. The van der Waals surface area contributed by atoms with Gasteiger partial charge in [-0.2, -0.15) is 0 Å². The standard InChI is InChI=1S/C18H38O6/c1-4-7-18(23-16-14-21-12-10-19-8-5-2)24-17-15-22-13-11-20-9-6-3/h18H,4-17H2,1-3H3. The molecule has 146 valence electrons. The number of ether oxygens (including phenoxy) is 6. The molecule has 0 saturated heterocycles. The van der Waals surface area contributed by atoms with Crippen LogP contribution in [0.3, 0.4) is 0 Å². The Labute approximate surface area is 148 Å². The normalized spacial score (nSPS) is 11.5. The predicted molar refractivity (Wildman–Crippen MR) is 94.5 cm³/mol. The summed E-state index contributed by atoms with van der Waals surface area (Å²) in [7, 11) is 0. The molecule has 0 aromatic heterocycles. The van der Waals surface area contributed by atoms with E-state index in [0.29, 0.717) is 52.9 Å². The van der Waals surface area contributed by atoms with Gasteiger partial charge in [-0.15, -0.1) is 0 Å². The molecule has 24 heavy (non-hydrogen) atoms. The summed E-state index contributed by atoms with van der Waals surface area (Å²) in [6.45, 7) is 12.6. The van der Waals surface area contributed by atoms with Crippen LogP contribution in [0.25, 0.3) is 0 Å². The van der Waals surface area contributed by atoms with Gasteiger partial charge in [-0.25, -0.2) is 0 Å². The highest BCUT2D eigenvalue weighted by Gasteiger charge is 2.08. The zero-order valence-electron chi connectivity index (χ0n) is 15.9. The SMILES string of the molecule is CCCOCCOCCOC(CCC)OCCOCCOCCC. The maximum Gasteiger partial charge on any atom is 0.157 e. The second kappa shape index (κ2) is 20.8. The Kier molecular flexibility index (Phi) is 20.6. The molecule has 0 aromatic rings. The van der Waals surface area contributed by atoms with Crippen molar-refractivity contribution in [3.05, 3.63) is 0 Å². The highest BCUT2D eigenvalue weighted by atomic mass is 16.7. The van der Waals surface area contributed by atoms with Crippen LogP contribution in [0.15, 0.2) is 0 Å². The van der Waals surface area contributed by atoms with E-state index in [0.717, 1.165) is 38.9 Å². The van der Waals surface area contributed by atoms with Crippen molar-refractivity contribution in [2.45, 2.75) is 52.7 Å². The first-order chi connectivity index (χ1) is 11.8. The lowest BCUT2D eigenvalue weighted by Crippen LogP contribution is -2.22. The van der Waals surface area contributed by atoms with Crippen molar-refractivity contribution >= 4 is 0 Å². The third-order valence-electron chi connectivity index (χ3n) is 3.03. The van der Waals surface area contributed by atoms with Crippen molar-refractivity contribution in [2.75, 3.05) is 66.1 Å². The van der Waals surface area contributed by atoms with E-state index in [1.165, 1.54) is 0 Å². The van der Waals surface area contributed by atoms with Crippen LogP contribution >= 0.6 is 0 Å². The molecule has 0 amide bonds. The Bertz CT molecular complexity index is 208. The van der Waals surface area contributed by atoms with Crippen LogP contribution in [0.4, 0.5) is 0 Å². The van der Waals surface area contributed by atoms with Crippen molar-refractivity contribution in [3.63, 3.8) is 0 Å². The molecule has 0 rings (SSSR count). The molecule has 0 bridgehead atoms. The topological polar surface area (TPSA) is 55.4 Å². The lowest BCUT2D eigenvalue weighted by Gasteiger charge is -2.18. The summed E-state index contributed by atoms with van der Waals surface area (Å²) in [5, 5.41) is 0. The van der Waals surface area contributed by atoms with Crippen molar-refractivity contribution in [1.82, 2.24) is 0 Å². The molecule has 0 aliphatic heterocycles. The number of hydrogen-bond donors (Lipinski definition) is 0. The fraction of sp³-hybridized carbons (Fsp3) is 1.00. The first kappa shape index (κ1) is 23.8. The molecule has 0 aliphatic rings. The Hall–Kier alpha value is -0.240. The van der Waals surface area contributed by atoms with Crippen LogP contribution < -0.4 is 0 Å². The van der Waals surface area contributed by atoms with Crippen LogP contribution in [0.5, 0.6) is 0 Å². The average molecular weight is 350 g/mol. The Balaban J connectivity index is 3.43. The van der Waals surface area contributed by atoms with E-state index in [1.54, 1.807) is 0 Å². The minimum Gasteiger partial charge on any atom is -0.379 e. The lowest BCUT2D eigenvalue weighted by atomic mass is 10.3. The molecule has 0 radical (unpaired) electrons. The van der Waals surface area contributed by atoms with Crippen LogP contribution in [-0.2, 0) is 28.4 Å². The van der Waals surface area contributed by atoms with Gasteiger partial charge in [0, 0.05) is 13.2 Å². The Morgan fingerprint density at radius 3 is 1.21 bits per heavy atom. The fourth-order valence-corrected chi connectivity index (χ4v) is 1.86. The van der Waals surface area contributed by atoms with Gasteiger partial charge in [0.25, 0.3) is 0 Å². The Morgan fingerprint density at radius 2 is 0.833 bits per heavy atom.